The first-order valence-electron chi connectivity index (χ1n) is 6.33. The summed E-state index contributed by atoms with van der Waals surface area (Å²) in [6.45, 7) is 2.24. The monoisotopic (exact) mass is 250 g/mol. The highest BCUT2D eigenvalue weighted by molar-refractivity contribution is 8.02. The summed E-state index contributed by atoms with van der Waals surface area (Å²) in [6.07, 6.45) is 8.75. The lowest BCUT2D eigenvalue weighted by atomic mass is 10.2. The third-order valence-corrected chi connectivity index (χ3v) is 3.50. The molecule has 0 saturated carbocycles. The maximum Gasteiger partial charge on any atom is 0.132 e. The van der Waals surface area contributed by atoms with Gasteiger partial charge in [-0.15, -0.1) is 0 Å². The first kappa shape index (κ1) is 14.2. The molecule has 0 aliphatic carbocycles. The van der Waals surface area contributed by atoms with Gasteiger partial charge in [0.25, 0.3) is 0 Å². The van der Waals surface area contributed by atoms with Gasteiger partial charge in [0, 0.05) is 0 Å². The summed E-state index contributed by atoms with van der Waals surface area (Å²) in [5.41, 5.74) is 0. The SMILES string of the molecule is CCCCCC/C=C/Sc1ccccc1OC. The minimum absolute atomic E-state index is 0.952. The quantitative estimate of drug-likeness (QED) is 0.459. The van der Waals surface area contributed by atoms with Crippen LogP contribution in [-0.2, 0) is 0 Å². The second-order valence-corrected chi connectivity index (χ2v) is 4.94. The molecule has 0 aliphatic rings. The molecule has 1 nitrogen and oxygen atoms in total. The van der Waals surface area contributed by atoms with E-state index in [4.69, 9.17) is 4.74 Å². The van der Waals surface area contributed by atoms with Crippen molar-refractivity contribution in [1.82, 2.24) is 0 Å². The molecular weight excluding hydrogens is 228 g/mol. The Kier molecular flexibility index (Phi) is 7.65. The molecule has 0 radical (unpaired) electrons. The van der Waals surface area contributed by atoms with E-state index in [9.17, 15) is 0 Å². The van der Waals surface area contributed by atoms with Crippen LogP contribution in [0.4, 0.5) is 0 Å². The third-order valence-electron chi connectivity index (χ3n) is 2.58. The fraction of sp³-hybridized carbons (Fsp3) is 0.467. The van der Waals surface area contributed by atoms with E-state index in [1.165, 1.54) is 37.0 Å². The van der Waals surface area contributed by atoms with Crippen LogP contribution in [-0.4, -0.2) is 7.11 Å². The van der Waals surface area contributed by atoms with E-state index in [0.717, 1.165) is 5.75 Å². The molecule has 1 aromatic rings. The van der Waals surface area contributed by atoms with Crippen LogP contribution in [0, 0.1) is 0 Å². The van der Waals surface area contributed by atoms with E-state index in [0.29, 0.717) is 0 Å². The number of hydrogen-bond donors (Lipinski definition) is 0. The fourth-order valence-corrected chi connectivity index (χ4v) is 2.40. The van der Waals surface area contributed by atoms with Gasteiger partial charge in [0.2, 0.25) is 0 Å². The van der Waals surface area contributed by atoms with Crippen molar-refractivity contribution >= 4 is 11.8 Å². The molecule has 0 aliphatic heterocycles. The van der Waals surface area contributed by atoms with Gasteiger partial charge >= 0.3 is 0 Å². The Balaban J connectivity index is 2.27. The van der Waals surface area contributed by atoms with Crippen molar-refractivity contribution < 1.29 is 4.74 Å². The maximum atomic E-state index is 5.30. The van der Waals surface area contributed by atoms with Gasteiger partial charge in [-0.05, 0) is 30.4 Å². The molecular formula is C15H22OS. The summed E-state index contributed by atoms with van der Waals surface area (Å²) in [4.78, 5) is 1.18. The van der Waals surface area contributed by atoms with Crippen LogP contribution < -0.4 is 4.74 Å². The van der Waals surface area contributed by atoms with Gasteiger partial charge in [-0.25, -0.2) is 0 Å². The molecule has 2 heteroatoms. The molecule has 0 atom stereocenters. The molecule has 0 N–H and O–H groups in total. The van der Waals surface area contributed by atoms with Crippen molar-refractivity contribution in [3.05, 3.63) is 35.7 Å². The number of methoxy groups -OCH3 is 1. The zero-order valence-electron chi connectivity index (χ0n) is 10.8. The van der Waals surface area contributed by atoms with Gasteiger partial charge in [-0.2, -0.15) is 0 Å². The van der Waals surface area contributed by atoms with Gasteiger partial charge in [0.1, 0.15) is 5.75 Å². The van der Waals surface area contributed by atoms with Crippen LogP contribution in [0.5, 0.6) is 5.75 Å². The number of benzene rings is 1. The number of unbranched alkanes of at least 4 members (excludes halogenated alkanes) is 4. The van der Waals surface area contributed by atoms with E-state index >= 15 is 0 Å². The Bertz CT molecular complexity index is 333. The molecule has 0 heterocycles. The highest BCUT2D eigenvalue weighted by Crippen LogP contribution is 2.29. The largest absolute Gasteiger partial charge is 0.496 e. The zero-order chi connectivity index (χ0) is 12.3. The van der Waals surface area contributed by atoms with Crippen molar-refractivity contribution in [2.24, 2.45) is 0 Å². The lowest BCUT2D eigenvalue weighted by molar-refractivity contribution is 0.405. The Hall–Kier alpha value is -0.890. The molecule has 94 valence electrons. The topological polar surface area (TPSA) is 9.23 Å². The lowest BCUT2D eigenvalue weighted by Gasteiger charge is -2.04. The molecule has 17 heavy (non-hydrogen) atoms. The molecule has 0 spiro atoms. The average Bonchev–Trinajstić information content (AvgIpc) is 2.38. The number of hydrogen-bond acceptors (Lipinski definition) is 2. The number of allylic oxidation sites excluding steroid dienone is 1. The molecule has 0 fully saturated rings. The van der Waals surface area contributed by atoms with Gasteiger partial charge in [-0.1, -0.05) is 56.2 Å². The Morgan fingerprint density at radius 2 is 2.00 bits per heavy atom. The van der Waals surface area contributed by atoms with Crippen molar-refractivity contribution in [2.75, 3.05) is 7.11 Å². The normalized spacial score (nSPS) is 10.9. The number of rotatable bonds is 8. The Morgan fingerprint density at radius 3 is 2.76 bits per heavy atom. The Labute approximate surface area is 109 Å². The fourth-order valence-electron chi connectivity index (χ4n) is 1.59. The minimum Gasteiger partial charge on any atom is -0.496 e. The highest BCUT2D eigenvalue weighted by atomic mass is 32.2. The van der Waals surface area contributed by atoms with Crippen LogP contribution >= 0.6 is 11.8 Å². The summed E-state index contributed by atoms with van der Waals surface area (Å²) in [5.74, 6) is 0.952. The van der Waals surface area contributed by atoms with Gasteiger partial charge in [0.15, 0.2) is 0 Å². The zero-order valence-corrected chi connectivity index (χ0v) is 11.6. The van der Waals surface area contributed by atoms with Crippen molar-refractivity contribution in [3.8, 4) is 5.75 Å². The lowest BCUT2D eigenvalue weighted by Crippen LogP contribution is -1.83. The molecule has 0 saturated heterocycles. The summed E-state index contributed by atoms with van der Waals surface area (Å²) in [5, 5.41) is 2.17. The van der Waals surface area contributed by atoms with Crippen LogP contribution in [0.3, 0.4) is 0 Å². The first-order chi connectivity index (χ1) is 8.38. The van der Waals surface area contributed by atoms with Crippen molar-refractivity contribution in [1.29, 1.82) is 0 Å². The average molecular weight is 250 g/mol. The van der Waals surface area contributed by atoms with E-state index in [1.807, 2.05) is 18.2 Å². The number of para-hydroxylation sites is 1. The summed E-state index contributed by atoms with van der Waals surface area (Å²) >= 11 is 1.73. The molecule has 0 aromatic heterocycles. The smallest absolute Gasteiger partial charge is 0.132 e. The van der Waals surface area contributed by atoms with E-state index in [-0.39, 0.29) is 0 Å². The van der Waals surface area contributed by atoms with Gasteiger partial charge in [-0.3, -0.25) is 0 Å². The predicted octanol–water partition coefficient (Wildman–Crippen LogP) is 5.27. The van der Waals surface area contributed by atoms with E-state index < -0.39 is 0 Å². The second-order valence-electron chi connectivity index (χ2n) is 3.99. The summed E-state index contributed by atoms with van der Waals surface area (Å²) in [7, 11) is 1.72. The molecule has 0 amide bonds. The Morgan fingerprint density at radius 1 is 1.18 bits per heavy atom. The van der Waals surface area contributed by atoms with E-state index in [1.54, 1.807) is 18.9 Å². The van der Waals surface area contributed by atoms with Gasteiger partial charge < -0.3 is 4.74 Å². The van der Waals surface area contributed by atoms with Crippen LogP contribution in [0.1, 0.15) is 39.0 Å². The minimum atomic E-state index is 0.952. The van der Waals surface area contributed by atoms with Crippen LogP contribution in [0.25, 0.3) is 0 Å². The third kappa shape index (κ3) is 5.83. The first-order valence-corrected chi connectivity index (χ1v) is 7.21. The van der Waals surface area contributed by atoms with Crippen LogP contribution in [0.2, 0.25) is 0 Å². The number of ether oxygens (including phenoxy) is 1. The van der Waals surface area contributed by atoms with E-state index in [2.05, 4.69) is 24.5 Å². The highest BCUT2D eigenvalue weighted by Gasteiger charge is 1.98. The molecule has 0 unspecified atom stereocenters. The summed E-state index contributed by atoms with van der Waals surface area (Å²) < 4.78 is 5.30. The standard InChI is InChI=1S/C15H22OS/c1-3-4-5-6-7-10-13-17-15-12-9-8-11-14(15)16-2/h8-13H,3-7H2,1-2H3/b13-10+. The second kappa shape index (κ2) is 9.17. The van der Waals surface area contributed by atoms with Crippen molar-refractivity contribution in [2.45, 2.75) is 43.9 Å². The summed E-state index contributed by atoms with van der Waals surface area (Å²) in [6, 6.07) is 8.12. The molecule has 0 bridgehead atoms. The van der Waals surface area contributed by atoms with Crippen LogP contribution in [0.15, 0.2) is 40.6 Å². The van der Waals surface area contributed by atoms with Crippen molar-refractivity contribution in [3.63, 3.8) is 0 Å². The van der Waals surface area contributed by atoms with Gasteiger partial charge in [0.05, 0.1) is 12.0 Å². The number of thioether (sulfide) groups is 1. The molecule has 1 rings (SSSR count). The predicted molar refractivity (Wildman–Crippen MR) is 76.8 cm³/mol. The molecule has 1 aromatic carbocycles. The maximum absolute atomic E-state index is 5.30.